The van der Waals surface area contributed by atoms with Gasteiger partial charge in [-0.2, -0.15) is 0 Å². The molecule has 0 fully saturated rings. The normalized spacial score (nSPS) is 11.1. The summed E-state index contributed by atoms with van der Waals surface area (Å²) in [5, 5.41) is 2.54. The highest BCUT2D eigenvalue weighted by Crippen LogP contribution is 2.41. The summed E-state index contributed by atoms with van der Waals surface area (Å²) in [4.78, 5) is 18.5. The number of ether oxygens (including phenoxy) is 1. The van der Waals surface area contributed by atoms with Gasteiger partial charge in [0.2, 0.25) is 0 Å². The van der Waals surface area contributed by atoms with Crippen molar-refractivity contribution in [2.45, 2.75) is 16.3 Å². The minimum absolute atomic E-state index is 0.420. The number of benzene rings is 3. The summed E-state index contributed by atoms with van der Waals surface area (Å²) >= 11 is 20.5. The maximum atomic E-state index is 12.8. The molecule has 4 nitrogen and oxygen atoms in total. The van der Waals surface area contributed by atoms with Crippen LogP contribution >= 0.6 is 46.6 Å². The van der Waals surface area contributed by atoms with Crippen LogP contribution in [0.5, 0.6) is 0 Å². The van der Waals surface area contributed by atoms with Crippen molar-refractivity contribution in [3.63, 3.8) is 0 Å². The maximum absolute atomic E-state index is 12.8. The van der Waals surface area contributed by atoms with E-state index in [2.05, 4.69) is 29.2 Å². The zero-order valence-electron chi connectivity index (χ0n) is 19.0. The van der Waals surface area contributed by atoms with E-state index in [4.69, 9.17) is 39.5 Å². The molecule has 0 bridgehead atoms. The SMILES string of the molecule is COC(=O)c1cc2c(Sc3ccc(Cl)cc3Cl)cc(Cl)cc2n1Cc1ccc(-c2ccncc2)cc1. The number of rotatable bonds is 6. The first kappa shape index (κ1) is 24.7. The average Bonchev–Trinajstić information content (AvgIpc) is 3.24. The molecule has 0 atom stereocenters. The third kappa shape index (κ3) is 5.11. The monoisotopic (exact) mass is 552 g/mol. The van der Waals surface area contributed by atoms with Gasteiger partial charge in [0.15, 0.2) is 0 Å². The van der Waals surface area contributed by atoms with Gasteiger partial charge in [0.1, 0.15) is 5.69 Å². The van der Waals surface area contributed by atoms with E-state index in [1.165, 1.54) is 18.9 Å². The standard InChI is InChI=1S/C28H19Cl3N2O2S/c1-35-28(34)25-15-22-24(13-21(30)14-27(22)36-26-7-6-20(29)12-23(26)31)33(25)16-17-2-4-18(5-3-17)19-8-10-32-11-9-19/h2-15H,16H2,1H3. The minimum atomic E-state index is -0.420. The van der Waals surface area contributed by atoms with E-state index in [9.17, 15) is 4.79 Å². The van der Waals surface area contributed by atoms with Crippen LogP contribution in [0, 0.1) is 0 Å². The highest BCUT2D eigenvalue weighted by Gasteiger charge is 2.20. The summed E-state index contributed by atoms with van der Waals surface area (Å²) in [7, 11) is 1.38. The van der Waals surface area contributed by atoms with Crippen LogP contribution in [0.15, 0.2) is 95.0 Å². The van der Waals surface area contributed by atoms with E-state index in [1.54, 1.807) is 24.5 Å². The van der Waals surface area contributed by atoms with Crippen LogP contribution in [0.3, 0.4) is 0 Å². The molecule has 0 unspecified atom stereocenters. The average molecular weight is 554 g/mol. The molecular formula is C28H19Cl3N2O2S. The molecule has 0 saturated carbocycles. The van der Waals surface area contributed by atoms with Gasteiger partial charge in [0, 0.05) is 44.2 Å². The Morgan fingerprint density at radius 3 is 2.28 bits per heavy atom. The second-order valence-corrected chi connectivity index (χ2v) is 10.4. The molecule has 0 aliphatic rings. The number of hydrogen-bond donors (Lipinski definition) is 0. The van der Waals surface area contributed by atoms with Crippen LogP contribution in [-0.4, -0.2) is 22.6 Å². The lowest BCUT2D eigenvalue weighted by Crippen LogP contribution is -2.11. The van der Waals surface area contributed by atoms with Crippen molar-refractivity contribution in [2.75, 3.05) is 7.11 Å². The Balaban J connectivity index is 1.56. The van der Waals surface area contributed by atoms with Crippen molar-refractivity contribution < 1.29 is 9.53 Å². The Bertz CT molecular complexity index is 1570. The largest absolute Gasteiger partial charge is 0.464 e. The third-order valence-electron chi connectivity index (χ3n) is 5.76. The van der Waals surface area contributed by atoms with E-state index in [0.29, 0.717) is 27.3 Å². The van der Waals surface area contributed by atoms with E-state index < -0.39 is 5.97 Å². The van der Waals surface area contributed by atoms with Crippen molar-refractivity contribution in [2.24, 2.45) is 0 Å². The van der Waals surface area contributed by atoms with Gasteiger partial charge < -0.3 is 9.30 Å². The molecule has 5 aromatic rings. The zero-order chi connectivity index (χ0) is 25.2. The van der Waals surface area contributed by atoms with Gasteiger partial charge in [-0.3, -0.25) is 4.98 Å². The van der Waals surface area contributed by atoms with Crippen LogP contribution in [0.1, 0.15) is 16.1 Å². The Hall–Kier alpha value is -2.96. The van der Waals surface area contributed by atoms with Crippen molar-refractivity contribution in [1.82, 2.24) is 9.55 Å². The molecule has 36 heavy (non-hydrogen) atoms. The van der Waals surface area contributed by atoms with Gasteiger partial charge in [0.05, 0.1) is 17.6 Å². The summed E-state index contributed by atoms with van der Waals surface area (Å²) in [5.74, 6) is -0.420. The summed E-state index contributed by atoms with van der Waals surface area (Å²) in [6.45, 7) is 0.469. The van der Waals surface area contributed by atoms with Crippen molar-refractivity contribution >= 4 is 63.4 Å². The number of aromatic nitrogens is 2. The fraction of sp³-hybridized carbons (Fsp3) is 0.0714. The fourth-order valence-electron chi connectivity index (χ4n) is 4.03. The number of carbonyl (C=O) groups is 1. The lowest BCUT2D eigenvalue weighted by molar-refractivity contribution is 0.0589. The van der Waals surface area contributed by atoms with Crippen LogP contribution in [0.2, 0.25) is 15.1 Å². The lowest BCUT2D eigenvalue weighted by Gasteiger charge is -2.12. The van der Waals surface area contributed by atoms with Crippen LogP contribution in [-0.2, 0) is 11.3 Å². The van der Waals surface area contributed by atoms with Gasteiger partial charge in [-0.25, -0.2) is 4.79 Å². The quantitative estimate of drug-likeness (QED) is 0.197. The van der Waals surface area contributed by atoms with Crippen LogP contribution in [0.25, 0.3) is 22.0 Å². The zero-order valence-corrected chi connectivity index (χ0v) is 22.1. The molecule has 3 aromatic carbocycles. The lowest BCUT2D eigenvalue weighted by atomic mass is 10.1. The van der Waals surface area contributed by atoms with Crippen molar-refractivity contribution in [3.05, 3.63) is 112 Å². The summed E-state index contributed by atoms with van der Waals surface area (Å²) in [6.07, 6.45) is 3.54. The van der Waals surface area contributed by atoms with E-state index in [1.807, 2.05) is 41.0 Å². The Labute approximate surface area is 227 Å². The number of halogens is 3. The molecule has 2 aromatic heterocycles. The predicted octanol–water partition coefficient (Wildman–Crippen LogP) is 8.65. The topological polar surface area (TPSA) is 44.1 Å². The van der Waals surface area contributed by atoms with Gasteiger partial charge >= 0.3 is 5.97 Å². The summed E-state index contributed by atoms with van der Waals surface area (Å²) < 4.78 is 7.03. The molecule has 2 heterocycles. The highest BCUT2D eigenvalue weighted by atomic mass is 35.5. The summed E-state index contributed by atoms with van der Waals surface area (Å²) in [6, 6.07) is 23.1. The van der Waals surface area contributed by atoms with Gasteiger partial charge in [-0.05, 0) is 65.2 Å². The molecule has 0 saturated heterocycles. The first-order valence-electron chi connectivity index (χ1n) is 11.0. The second-order valence-electron chi connectivity index (χ2n) is 8.05. The van der Waals surface area contributed by atoms with Crippen molar-refractivity contribution in [3.8, 4) is 11.1 Å². The molecule has 8 heteroatoms. The molecule has 180 valence electrons. The predicted molar refractivity (Wildman–Crippen MR) is 148 cm³/mol. The third-order valence-corrected chi connectivity index (χ3v) is 7.78. The van der Waals surface area contributed by atoms with E-state index in [0.717, 1.165) is 37.4 Å². The highest BCUT2D eigenvalue weighted by molar-refractivity contribution is 7.99. The first-order valence-corrected chi connectivity index (χ1v) is 12.9. The van der Waals surface area contributed by atoms with E-state index in [-0.39, 0.29) is 0 Å². The number of esters is 1. The number of carbonyl (C=O) groups excluding carboxylic acids is 1. The molecule has 0 aliphatic carbocycles. The Morgan fingerprint density at radius 1 is 0.861 bits per heavy atom. The molecule has 0 radical (unpaired) electrons. The number of nitrogens with zero attached hydrogens (tertiary/aromatic N) is 2. The van der Waals surface area contributed by atoms with Gasteiger partial charge in [-0.1, -0.05) is 70.8 Å². The minimum Gasteiger partial charge on any atom is -0.464 e. The first-order chi connectivity index (χ1) is 17.4. The number of hydrogen-bond acceptors (Lipinski definition) is 4. The smallest absolute Gasteiger partial charge is 0.354 e. The Kier molecular flexibility index (Phi) is 7.26. The maximum Gasteiger partial charge on any atom is 0.354 e. The molecule has 0 aliphatic heterocycles. The summed E-state index contributed by atoms with van der Waals surface area (Å²) in [5.41, 5.74) is 4.48. The molecule has 5 rings (SSSR count). The number of pyridine rings is 1. The molecular weight excluding hydrogens is 535 g/mol. The fourth-order valence-corrected chi connectivity index (χ4v) is 5.82. The van der Waals surface area contributed by atoms with Crippen LogP contribution in [0.4, 0.5) is 0 Å². The van der Waals surface area contributed by atoms with E-state index >= 15 is 0 Å². The molecule has 0 amide bonds. The van der Waals surface area contributed by atoms with Crippen LogP contribution < -0.4 is 0 Å². The number of methoxy groups -OCH3 is 1. The molecule has 0 spiro atoms. The number of fused-ring (bicyclic) bond motifs is 1. The molecule has 0 N–H and O–H groups in total. The van der Waals surface area contributed by atoms with Crippen molar-refractivity contribution in [1.29, 1.82) is 0 Å². The Morgan fingerprint density at radius 2 is 1.58 bits per heavy atom. The van der Waals surface area contributed by atoms with Gasteiger partial charge in [0.25, 0.3) is 0 Å². The second kappa shape index (κ2) is 10.6. The van der Waals surface area contributed by atoms with Gasteiger partial charge in [-0.15, -0.1) is 0 Å².